The fraction of sp³-hybridized carbons (Fsp3) is 0.438. The van der Waals surface area contributed by atoms with E-state index < -0.39 is 64.6 Å². The first-order valence-corrected chi connectivity index (χ1v) is 32.9. The molecule has 24 heteroatoms. The molecule has 4 aliphatic rings. The molecule has 3 fully saturated rings. The van der Waals surface area contributed by atoms with Crippen molar-refractivity contribution in [2.45, 2.75) is 86.9 Å². The number of likely N-dealkylation sites (tertiary alicyclic amines) is 2. The number of para-hydroxylation sites is 1. The second kappa shape index (κ2) is 31.8. The maximum atomic E-state index is 14.2. The molecule has 0 bridgehead atoms. The van der Waals surface area contributed by atoms with Crippen LogP contribution in [0.4, 0.5) is 46.9 Å². The van der Waals surface area contributed by atoms with E-state index in [0.717, 1.165) is 45.9 Å². The number of nitrogens with one attached hydrogen (secondary N) is 2. The molecule has 0 radical (unpaired) electrons. The number of hydrogen-bond acceptors (Lipinski definition) is 12. The third-order valence-electron chi connectivity index (χ3n) is 19.1. The van der Waals surface area contributed by atoms with Gasteiger partial charge in [-0.1, -0.05) is 84.9 Å². The lowest BCUT2D eigenvalue weighted by Crippen LogP contribution is -2.50. The number of hydrogen-bond donors (Lipinski definition) is 2. The van der Waals surface area contributed by atoms with Crippen molar-refractivity contribution in [2.24, 2.45) is 0 Å². The molecule has 17 nitrogen and oxygen atoms in total. The van der Waals surface area contributed by atoms with Gasteiger partial charge in [0.05, 0.1) is 29.5 Å². The monoisotopic (exact) mass is 1350 g/mol. The molecule has 1 spiro atoms. The Hall–Kier alpha value is -8.42. The predicted octanol–water partition coefficient (Wildman–Crippen LogP) is 11.8. The molecule has 3 heterocycles. The Morgan fingerprint density at radius 1 is 0.660 bits per heavy atom. The molecule has 5 amide bonds. The summed E-state index contributed by atoms with van der Waals surface area (Å²) in [7, 11) is 5.20. The van der Waals surface area contributed by atoms with Crippen molar-refractivity contribution in [1.29, 1.82) is 0 Å². The molecule has 6 aromatic carbocycles. The molecular formula is C73H83F7N8O9. The first-order chi connectivity index (χ1) is 46.5. The Morgan fingerprint density at radius 3 is 1.99 bits per heavy atom. The van der Waals surface area contributed by atoms with Gasteiger partial charge in [-0.3, -0.25) is 24.5 Å². The van der Waals surface area contributed by atoms with Crippen LogP contribution in [0, 0.1) is 5.82 Å². The van der Waals surface area contributed by atoms with Crippen molar-refractivity contribution in [3.05, 3.63) is 190 Å². The number of likely N-dealkylation sites (N-methyl/N-ethyl adjacent to an activating group) is 2. The van der Waals surface area contributed by atoms with E-state index in [-0.39, 0.29) is 62.2 Å². The maximum absolute atomic E-state index is 14.2. The summed E-state index contributed by atoms with van der Waals surface area (Å²) in [5, 5.41) is 6.25. The third-order valence-corrected chi connectivity index (χ3v) is 19.1. The van der Waals surface area contributed by atoms with E-state index >= 15 is 0 Å². The van der Waals surface area contributed by atoms with E-state index in [1.165, 1.54) is 24.3 Å². The zero-order valence-corrected chi connectivity index (χ0v) is 54.8. The molecular weight excluding hydrogens is 1270 g/mol. The molecule has 6 aromatic rings. The van der Waals surface area contributed by atoms with Crippen molar-refractivity contribution in [3.8, 4) is 11.1 Å². The highest BCUT2D eigenvalue weighted by Gasteiger charge is 2.50. The maximum Gasteiger partial charge on any atom is 0.416 e. The summed E-state index contributed by atoms with van der Waals surface area (Å²) in [5.74, 6) is -2.08. The Bertz CT molecular complexity index is 3630. The zero-order chi connectivity index (χ0) is 68.9. The molecule has 0 unspecified atom stereocenters. The molecule has 518 valence electrons. The van der Waals surface area contributed by atoms with E-state index in [4.69, 9.17) is 18.9 Å². The summed E-state index contributed by atoms with van der Waals surface area (Å²) in [6, 6.07) is 39.0. The summed E-state index contributed by atoms with van der Waals surface area (Å²) >= 11 is 0. The van der Waals surface area contributed by atoms with Crippen molar-refractivity contribution >= 4 is 41.1 Å². The Morgan fingerprint density at radius 2 is 1.29 bits per heavy atom. The summed E-state index contributed by atoms with van der Waals surface area (Å²) < 4.78 is 121. The normalized spacial score (nSPS) is 18.2. The fourth-order valence-corrected chi connectivity index (χ4v) is 13.4. The Labute approximate surface area is 560 Å². The van der Waals surface area contributed by atoms with Crippen LogP contribution in [-0.2, 0) is 58.3 Å². The van der Waals surface area contributed by atoms with Crippen LogP contribution in [0.25, 0.3) is 11.1 Å². The average molecular weight is 1350 g/mol. The van der Waals surface area contributed by atoms with Gasteiger partial charge in [0.25, 0.3) is 11.8 Å². The van der Waals surface area contributed by atoms with Crippen LogP contribution in [0.3, 0.4) is 0 Å². The summed E-state index contributed by atoms with van der Waals surface area (Å²) in [5.41, 5.74) is 1.05. The SMILES string of the molecule is CN(CCN1CCC(OC(=O)Nc2ccccc2-c2ccccc2)CC1)C(=O)COCCCNc1ccc(C(=O)N(C)CCCN(C)C(=O)CO[C@H]2Cc3ccccc3C23CCN(CC[C@]2(c4ccc(F)cc4)CN(C(=O)c4cc(C(F)(F)F)cc(C(F)(F)F)c4)CO2)CC3)cc1. The van der Waals surface area contributed by atoms with Crippen LogP contribution in [0.2, 0.25) is 0 Å². The van der Waals surface area contributed by atoms with Crippen LogP contribution in [0.5, 0.6) is 0 Å². The average Bonchev–Trinajstić information content (AvgIpc) is 1.61. The fourth-order valence-electron chi connectivity index (χ4n) is 13.4. The number of nitrogens with zero attached hydrogens (tertiary/aromatic N) is 6. The Balaban J connectivity index is 0.604. The van der Waals surface area contributed by atoms with E-state index in [1.807, 2.05) is 78.9 Å². The highest BCUT2D eigenvalue weighted by Crippen LogP contribution is 2.48. The van der Waals surface area contributed by atoms with Gasteiger partial charge in [-0.05, 0) is 147 Å². The quantitative estimate of drug-likeness (QED) is 0.0390. The number of benzene rings is 6. The van der Waals surface area contributed by atoms with Gasteiger partial charge in [-0.2, -0.15) is 26.3 Å². The molecule has 1 aliphatic carbocycles. The second-order valence-electron chi connectivity index (χ2n) is 25.6. The van der Waals surface area contributed by atoms with Crippen LogP contribution in [0.15, 0.2) is 146 Å². The third kappa shape index (κ3) is 18.2. The number of anilines is 2. The van der Waals surface area contributed by atoms with Gasteiger partial charge in [0.2, 0.25) is 11.8 Å². The van der Waals surface area contributed by atoms with E-state index in [2.05, 4.69) is 32.6 Å². The van der Waals surface area contributed by atoms with Gasteiger partial charge < -0.3 is 53.7 Å². The van der Waals surface area contributed by atoms with Crippen LogP contribution >= 0.6 is 0 Å². The largest absolute Gasteiger partial charge is 0.446 e. The number of alkyl halides is 6. The van der Waals surface area contributed by atoms with Gasteiger partial charge in [0, 0.05) is 108 Å². The smallest absolute Gasteiger partial charge is 0.416 e. The zero-order valence-electron chi connectivity index (χ0n) is 54.8. The first-order valence-electron chi connectivity index (χ1n) is 32.9. The molecule has 3 saturated heterocycles. The van der Waals surface area contributed by atoms with Gasteiger partial charge in [0.15, 0.2) is 0 Å². The number of ether oxygens (including phenoxy) is 4. The lowest BCUT2D eigenvalue weighted by molar-refractivity contribution is -0.143. The molecule has 3 aliphatic heterocycles. The first kappa shape index (κ1) is 71.4. The highest BCUT2D eigenvalue weighted by molar-refractivity contribution is 5.95. The van der Waals surface area contributed by atoms with Gasteiger partial charge in [0.1, 0.15) is 37.5 Å². The van der Waals surface area contributed by atoms with Gasteiger partial charge >= 0.3 is 18.4 Å². The second-order valence-corrected chi connectivity index (χ2v) is 25.6. The minimum Gasteiger partial charge on any atom is -0.446 e. The van der Waals surface area contributed by atoms with Crippen LogP contribution in [-0.4, -0.2) is 191 Å². The number of halogens is 7. The van der Waals surface area contributed by atoms with E-state index in [9.17, 15) is 54.7 Å². The highest BCUT2D eigenvalue weighted by atomic mass is 19.4. The summed E-state index contributed by atoms with van der Waals surface area (Å²) in [6.07, 6.45) is -6.50. The van der Waals surface area contributed by atoms with Crippen LogP contribution in [0.1, 0.15) is 93.5 Å². The summed E-state index contributed by atoms with van der Waals surface area (Å²) in [4.78, 5) is 77.0. The van der Waals surface area contributed by atoms with Crippen molar-refractivity contribution in [2.75, 3.05) is 130 Å². The minimum atomic E-state index is -5.15. The van der Waals surface area contributed by atoms with Gasteiger partial charge in [-0.25, -0.2) is 9.18 Å². The Kier molecular flexibility index (Phi) is 23.4. The van der Waals surface area contributed by atoms with Crippen molar-refractivity contribution in [1.82, 2.24) is 29.4 Å². The lowest BCUT2D eigenvalue weighted by Gasteiger charge is -2.44. The molecule has 0 aromatic heterocycles. The minimum absolute atomic E-state index is 0.0272. The predicted molar refractivity (Wildman–Crippen MR) is 352 cm³/mol. The van der Waals surface area contributed by atoms with Crippen molar-refractivity contribution < 1.29 is 73.7 Å². The number of carbonyl (C=O) groups is 5. The lowest BCUT2D eigenvalue weighted by atomic mass is 9.72. The topological polar surface area (TPSA) is 166 Å². The number of rotatable bonds is 26. The molecule has 2 N–H and O–H groups in total. The van der Waals surface area contributed by atoms with Crippen molar-refractivity contribution in [3.63, 3.8) is 0 Å². The molecule has 0 saturated carbocycles. The number of fused-ring (bicyclic) bond motifs is 2. The number of carbonyl (C=O) groups excluding carboxylic acids is 5. The standard InChI is InChI=1S/C73H83F7N8O9/c1-83(33-12-34-85(3)67(91)52-19-25-59(26-20-52)81-32-11-42-94-47-65(89)84(2)40-41-86-35-27-60(28-36-86)97-69(93)82-63-18-10-8-16-61(63)51-13-5-4-6-14-51)66(90)48-95-64-45-53-15-7-9-17-62(53)70(64)29-37-87(38-30-70)39-31-71(55-21-23-58(74)24-22-55)49-88(50-96-71)68(92)54-43-56(72(75,76)77)46-57(44-54)73(78,79)80/h4-10,13-26,43-44,46,60,64,81H,11-12,27-42,45,47-50H2,1-3H3,(H,82,93)/t64-,71+/m0/s1. The van der Waals surface area contributed by atoms with E-state index in [1.54, 1.807) is 48.0 Å². The summed E-state index contributed by atoms with van der Waals surface area (Å²) in [6.45, 7) is 5.30. The van der Waals surface area contributed by atoms with Gasteiger partial charge in [-0.15, -0.1) is 0 Å². The number of amides is 5. The molecule has 97 heavy (non-hydrogen) atoms. The van der Waals surface area contributed by atoms with Crippen LogP contribution < -0.4 is 10.6 Å². The molecule has 10 rings (SSSR count). The molecule has 2 atom stereocenters. The number of piperidine rings is 2. The van der Waals surface area contributed by atoms with E-state index in [0.29, 0.717) is 133 Å².